The first kappa shape index (κ1) is 36.4. The highest BCUT2D eigenvalue weighted by atomic mass is 35.5. The molecular weight excluding hydrogens is 693 g/mol. The van der Waals surface area contributed by atoms with Crippen molar-refractivity contribution in [3.8, 4) is 11.3 Å². The first-order valence-corrected chi connectivity index (χ1v) is 15.9. The van der Waals surface area contributed by atoms with Crippen LogP contribution in [-0.4, -0.2) is 103 Å². The third-order valence-electron chi connectivity index (χ3n) is 8.36. The topological polar surface area (TPSA) is 150 Å². The average molecular weight is 726 g/mol. The summed E-state index contributed by atoms with van der Waals surface area (Å²) in [6.07, 6.45) is -0.463. The molecule has 3 aromatic heterocycles. The number of fused-ring (bicyclic) bond motifs is 1. The number of nitrogens with zero attached hydrogens (tertiary/aromatic N) is 7. The molecular formula is C31H33ClF5N9O4. The summed E-state index contributed by atoms with van der Waals surface area (Å²) in [5, 5.41) is 16.7. The molecule has 2 saturated heterocycles. The van der Waals surface area contributed by atoms with E-state index in [9.17, 15) is 31.5 Å². The molecule has 13 nitrogen and oxygen atoms in total. The maximum Gasteiger partial charge on any atom is 0.435 e. The van der Waals surface area contributed by atoms with Gasteiger partial charge in [0.2, 0.25) is 5.91 Å². The van der Waals surface area contributed by atoms with Crippen molar-refractivity contribution in [3.63, 3.8) is 0 Å². The molecule has 0 unspecified atom stereocenters. The molecule has 0 spiro atoms. The van der Waals surface area contributed by atoms with Crippen molar-refractivity contribution in [1.82, 2.24) is 39.3 Å². The van der Waals surface area contributed by atoms with Crippen LogP contribution in [0, 0.1) is 5.92 Å². The highest BCUT2D eigenvalue weighted by Gasteiger charge is 2.38. The van der Waals surface area contributed by atoms with E-state index in [1.165, 1.54) is 29.1 Å². The number of carboxylic acid groups (broad SMARTS) is 1. The lowest BCUT2D eigenvalue weighted by atomic mass is 9.94. The van der Waals surface area contributed by atoms with E-state index in [1.54, 1.807) is 17.0 Å². The number of piperazine rings is 1. The minimum Gasteiger partial charge on any atom is -0.483 e. The average Bonchev–Trinajstić information content (AvgIpc) is 3.70. The standard InChI is InChI=1S/C30H31ClF5N9O2.CH2O2/c31-22-14-19(1-2-20(22)29(47)43-11-9-42(10-12-43)25(46)13-18-3-5-37-6-4-18)40-27-28-39-15-23(45(28)8-7-38-27)21-16-44(17-24(32)33)41-26(21)30(34,35)36;2-1-3/h1-2,7-8,14-16,18,24,37H,3-6,9-13,17H2,(H,38,40);1H,(H,2,3). The highest BCUT2D eigenvalue weighted by molar-refractivity contribution is 6.34. The number of carbonyl (C=O) groups is 3. The zero-order valence-electron chi connectivity index (χ0n) is 26.4. The smallest absolute Gasteiger partial charge is 0.435 e. The number of halogens is 6. The first-order chi connectivity index (χ1) is 23.9. The van der Waals surface area contributed by atoms with E-state index in [2.05, 4.69) is 25.7 Å². The van der Waals surface area contributed by atoms with E-state index in [-0.39, 0.29) is 46.0 Å². The molecule has 2 aliphatic heterocycles. The maximum absolute atomic E-state index is 13.8. The van der Waals surface area contributed by atoms with E-state index in [0.29, 0.717) is 48.9 Å². The number of piperidine rings is 1. The zero-order valence-corrected chi connectivity index (χ0v) is 27.2. The molecule has 1 aromatic carbocycles. The van der Waals surface area contributed by atoms with Gasteiger partial charge in [0.05, 0.1) is 28.0 Å². The van der Waals surface area contributed by atoms with Crippen molar-refractivity contribution in [2.24, 2.45) is 5.92 Å². The Morgan fingerprint density at radius 2 is 1.78 bits per heavy atom. The highest BCUT2D eigenvalue weighted by Crippen LogP contribution is 2.37. The predicted octanol–water partition coefficient (Wildman–Crippen LogP) is 4.65. The quantitative estimate of drug-likeness (QED) is 0.174. The second kappa shape index (κ2) is 15.8. The number of carbonyl (C=O) groups excluding carboxylic acids is 2. The Morgan fingerprint density at radius 1 is 1.10 bits per heavy atom. The Labute approximate surface area is 287 Å². The van der Waals surface area contributed by atoms with E-state index < -0.39 is 30.4 Å². The third-order valence-corrected chi connectivity index (χ3v) is 8.68. The van der Waals surface area contributed by atoms with Crippen LogP contribution in [0.15, 0.2) is 43.0 Å². The van der Waals surface area contributed by atoms with Crippen molar-refractivity contribution >= 4 is 47.0 Å². The molecule has 50 heavy (non-hydrogen) atoms. The Bertz CT molecular complexity index is 1820. The maximum atomic E-state index is 13.8. The van der Waals surface area contributed by atoms with Gasteiger partial charge in [0, 0.05) is 56.9 Å². The van der Waals surface area contributed by atoms with Crippen molar-refractivity contribution < 1.29 is 41.4 Å². The molecule has 6 rings (SSSR count). The van der Waals surface area contributed by atoms with E-state index in [1.807, 2.05) is 4.90 Å². The van der Waals surface area contributed by atoms with Crippen LogP contribution < -0.4 is 10.6 Å². The van der Waals surface area contributed by atoms with Crippen LogP contribution in [0.3, 0.4) is 0 Å². The van der Waals surface area contributed by atoms with Crippen LogP contribution in [0.4, 0.5) is 33.5 Å². The number of amides is 2. The summed E-state index contributed by atoms with van der Waals surface area (Å²) < 4.78 is 69.0. The molecule has 2 fully saturated rings. The molecule has 4 aromatic rings. The van der Waals surface area contributed by atoms with Gasteiger partial charge in [0.25, 0.3) is 18.8 Å². The van der Waals surface area contributed by atoms with E-state index in [4.69, 9.17) is 21.5 Å². The van der Waals surface area contributed by atoms with Crippen LogP contribution >= 0.6 is 11.6 Å². The molecule has 0 saturated carbocycles. The monoisotopic (exact) mass is 725 g/mol. The normalized spacial score (nSPS) is 15.6. The van der Waals surface area contributed by atoms with Gasteiger partial charge in [0.15, 0.2) is 17.2 Å². The molecule has 0 bridgehead atoms. The van der Waals surface area contributed by atoms with Crippen LogP contribution in [0.1, 0.15) is 35.3 Å². The minimum atomic E-state index is -4.89. The van der Waals surface area contributed by atoms with Gasteiger partial charge in [-0.2, -0.15) is 18.3 Å². The Kier molecular flexibility index (Phi) is 11.5. The van der Waals surface area contributed by atoms with Crippen LogP contribution in [0.25, 0.3) is 16.9 Å². The summed E-state index contributed by atoms with van der Waals surface area (Å²) in [4.78, 5) is 46.4. The second-order valence-corrected chi connectivity index (χ2v) is 12.0. The summed E-state index contributed by atoms with van der Waals surface area (Å²) in [5.41, 5.74) is -0.886. The largest absolute Gasteiger partial charge is 0.483 e. The van der Waals surface area contributed by atoms with Gasteiger partial charge < -0.3 is 25.5 Å². The fraction of sp³-hybridized carbons (Fsp3) is 0.419. The number of benzene rings is 1. The lowest BCUT2D eigenvalue weighted by Gasteiger charge is -2.36. The van der Waals surface area contributed by atoms with E-state index in [0.717, 1.165) is 32.1 Å². The summed E-state index contributed by atoms with van der Waals surface area (Å²) >= 11 is 6.53. The van der Waals surface area contributed by atoms with Gasteiger partial charge in [0.1, 0.15) is 6.54 Å². The van der Waals surface area contributed by atoms with Crippen molar-refractivity contribution in [2.75, 3.05) is 44.6 Å². The molecule has 19 heteroatoms. The summed E-state index contributed by atoms with van der Waals surface area (Å²) in [5.74, 6) is 0.415. The number of hydrogen-bond acceptors (Lipinski definition) is 8. The lowest BCUT2D eigenvalue weighted by Crippen LogP contribution is -2.51. The number of alkyl halides is 5. The van der Waals surface area contributed by atoms with E-state index >= 15 is 0 Å². The number of rotatable bonds is 8. The Hall–Kier alpha value is -4.84. The van der Waals surface area contributed by atoms with Gasteiger partial charge >= 0.3 is 6.18 Å². The van der Waals surface area contributed by atoms with Gasteiger partial charge in [-0.25, -0.2) is 18.7 Å². The predicted molar refractivity (Wildman–Crippen MR) is 171 cm³/mol. The van der Waals surface area contributed by atoms with Crippen LogP contribution in [0.2, 0.25) is 5.02 Å². The molecule has 5 heterocycles. The molecule has 0 radical (unpaired) electrons. The van der Waals surface area contributed by atoms with Gasteiger partial charge in [-0.15, -0.1) is 0 Å². The zero-order chi connectivity index (χ0) is 36.0. The van der Waals surface area contributed by atoms with Crippen LogP contribution in [0.5, 0.6) is 0 Å². The van der Waals surface area contributed by atoms with Crippen molar-refractivity contribution in [1.29, 1.82) is 0 Å². The fourth-order valence-corrected chi connectivity index (χ4v) is 6.22. The molecule has 3 N–H and O–H groups in total. The Balaban J connectivity index is 0.00000156. The number of imidazole rings is 1. The SMILES string of the molecule is O=C(CC1CCNCC1)N1CCN(C(=O)c2ccc(Nc3nccn4c(-c5cn(CC(F)F)nc5C(F)(F)F)cnc34)cc2Cl)CC1.O=CO. The molecule has 268 valence electrons. The second-order valence-electron chi connectivity index (χ2n) is 11.6. The number of anilines is 2. The Morgan fingerprint density at radius 3 is 2.42 bits per heavy atom. The number of aromatic nitrogens is 5. The molecule has 2 aliphatic rings. The van der Waals surface area contributed by atoms with Crippen molar-refractivity contribution in [2.45, 2.75) is 38.4 Å². The van der Waals surface area contributed by atoms with Gasteiger partial charge in [-0.1, -0.05) is 11.6 Å². The number of nitrogens with one attached hydrogen (secondary N) is 2. The summed E-state index contributed by atoms with van der Waals surface area (Å²) in [7, 11) is 0. The third kappa shape index (κ3) is 8.47. The van der Waals surface area contributed by atoms with Crippen LogP contribution in [-0.2, 0) is 22.3 Å². The summed E-state index contributed by atoms with van der Waals surface area (Å²) in [6.45, 7) is 2.29. The molecule has 2 amide bonds. The van der Waals surface area contributed by atoms with Gasteiger partial charge in [-0.3, -0.25) is 23.5 Å². The summed E-state index contributed by atoms with van der Waals surface area (Å²) in [6, 6.07) is 4.70. The molecule has 0 atom stereocenters. The number of hydrogen-bond donors (Lipinski definition) is 3. The fourth-order valence-electron chi connectivity index (χ4n) is 5.95. The first-order valence-electron chi connectivity index (χ1n) is 15.6. The molecule has 0 aliphatic carbocycles. The lowest BCUT2D eigenvalue weighted by molar-refractivity contribution is -0.141. The minimum absolute atomic E-state index is 0.0228. The van der Waals surface area contributed by atoms with Gasteiger partial charge in [-0.05, 0) is 50.0 Å². The van der Waals surface area contributed by atoms with Crippen molar-refractivity contribution in [3.05, 3.63) is 59.3 Å².